The first-order valence-electron chi connectivity index (χ1n) is 5.41. The third-order valence-corrected chi connectivity index (χ3v) is 4.32. The van der Waals surface area contributed by atoms with Gasteiger partial charge in [0.2, 0.25) is 5.09 Å². The zero-order chi connectivity index (χ0) is 14.0. The lowest BCUT2D eigenvalue weighted by molar-refractivity contribution is 0.236. The molecule has 0 unspecified atom stereocenters. The summed E-state index contributed by atoms with van der Waals surface area (Å²) in [6.45, 7) is 1.56. The topological polar surface area (TPSA) is 79.5 Å². The molecule has 0 atom stereocenters. The molecular formula is C12H12BrNO4S. The minimum atomic E-state index is -3.80. The largest absolute Gasteiger partial charge is 0.445 e. The van der Waals surface area contributed by atoms with E-state index < -0.39 is 10.0 Å². The minimum Gasteiger partial charge on any atom is -0.445 e. The Labute approximate surface area is 119 Å². The lowest BCUT2D eigenvalue weighted by atomic mass is 10.2. The first kappa shape index (κ1) is 14.1. The number of hydrogen-bond acceptors (Lipinski definition) is 4. The summed E-state index contributed by atoms with van der Waals surface area (Å²) in [7, 11) is -3.80. The van der Waals surface area contributed by atoms with Gasteiger partial charge in [0.15, 0.2) is 0 Å². The molecule has 1 aromatic carbocycles. The number of anilines is 1. The van der Waals surface area contributed by atoms with Crippen molar-refractivity contribution in [3.63, 3.8) is 0 Å². The van der Waals surface area contributed by atoms with Gasteiger partial charge in [-0.15, -0.1) is 0 Å². The predicted molar refractivity (Wildman–Crippen MR) is 74.3 cm³/mol. The van der Waals surface area contributed by atoms with Crippen LogP contribution >= 0.6 is 15.9 Å². The molecule has 2 N–H and O–H groups in total. The highest BCUT2D eigenvalue weighted by atomic mass is 79.9. The Balaban J connectivity index is 2.30. The molecule has 1 aromatic heterocycles. The van der Waals surface area contributed by atoms with Gasteiger partial charge in [0, 0.05) is 4.47 Å². The molecule has 0 spiro atoms. The van der Waals surface area contributed by atoms with Crippen molar-refractivity contribution in [2.75, 3.05) is 4.72 Å². The fourth-order valence-corrected chi connectivity index (χ4v) is 3.24. The average Bonchev–Trinajstić information content (AvgIpc) is 2.82. The second kappa shape index (κ2) is 5.36. The highest BCUT2D eigenvalue weighted by Crippen LogP contribution is 2.26. The van der Waals surface area contributed by atoms with Crippen LogP contribution in [-0.2, 0) is 16.6 Å². The summed E-state index contributed by atoms with van der Waals surface area (Å²) in [6, 6.07) is 7.98. The zero-order valence-corrected chi connectivity index (χ0v) is 12.5. The summed E-state index contributed by atoms with van der Waals surface area (Å²) in [4.78, 5) is 0. The Morgan fingerprint density at radius 2 is 2.05 bits per heavy atom. The van der Waals surface area contributed by atoms with Gasteiger partial charge in [-0.25, -0.2) is 0 Å². The van der Waals surface area contributed by atoms with Gasteiger partial charge in [-0.3, -0.25) is 4.72 Å². The molecule has 0 aliphatic heterocycles. The van der Waals surface area contributed by atoms with Gasteiger partial charge in [0.05, 0.1) is 5.69 Å². The van der Waals surface area contributed by atoms with E-state index in [1.54, 1.807) is 18.2 Å². The molecule has 1 heterocycles. The Hall–Kier alpha value is -1.31. The molecule has 2 rings (SSSR count). The van der Waals surface area contributed by atoms with E-state index in [0.717, 1.165) is 5.56 Å². The Morgan fingerprint density at radius 3 is 2.63 bits per heavy atom. The fourth-order valence-electron chi connectivity index (χ4n) is 1.49. The molecule has 19 heavy (non-hydrogen) atoms. The molecule has 0 aliphatic carbocycles. The van der Waals surface area contributed by atoms with Crippen LogP contribution in [0.1, 0.15) is 11.3 Å². The molecule has 0 saturated carbocycles. The van der Waals surface area contributed by atoms with E-state index in [1.807, 2.05) is 6.92 Å². The van der Waals surface area contributed by atoms with Crippen molar-refractivity contribution in [3.8, 4) is 0 Å². The van der Waals surface area contributed by atoms with Gasteiger partial charge in [0.25, 0.3) is 10.0 Å². The van der Waals surface area contributed by atoms with Gasteiger partial charge in [-0.1, -0.05) is 6.07 Å². The second-order valence-electron chi connectivity index (χ2n) is 3.97. The lowest BCUT2D eigenvalue weighted by Crippen LogP contribution is -2.12. The molecular weight excluding hydrogens is 334 g/mol. The van der Waals surface area contributed by atoms with E-state index in [9.17, 15) is 8.42 Å². The van der Waals surface area contributed by atoms with Crippen molar-refractivity contribution >= 4 is 31.6 Å². The summed E-state index contributed by atoms with van der Waals surface area (Å²) < 4.78 is 32.2. The number of furan rings is 1. The molecule has 0 aliphatic rings. The maximum atomic E-state index is 12.1. The molecule has 7 heteroatoms. The predicted octanol–water partition coefficient (Wildman–Crippen LogP) is 2.64. The van der Waals surface area contributed by atoms with Crippen molar-refractivity contribution in [2.24, 2.45) is 0 Å². The average molecular weight is 346 g/mol. The number of aryl methyl sites for hydroxylation is 1. The number of hydrogen-bond donors (Lipinski definition) is 2. The first-order valence-corrected chi connectivity index (χ1v) is 7.68. The normalized spacial score (nSPS) is 11.5. The van der Waals surface area contributed by atoms with Crippen molar-refractivity contribution in [1.29, 1.82) is 0 Å². The van der Waals surface area contributed by atoms with Crippen LogP contribution in [0.25, 0.3) is 0 Å². The molecule has 102 valence electrons. The monoisotopic (exact) mass is 345 g/mol. The maximum Gasteiger partial charge on any atom is 0.295 e. The van der Waals surface area contributed by atoms with Crippen molar-refractivity contribution in [2.45, 2.75) is 18.6 Å². The molecule has 0 amide bonds. The summed E-state index contributed by atoms with van der Waals surface area (Å²) in [6.07, 6.45) is 0. The van der Waals surface area contributed by atoms with Crippen LogP contribution in [0, 0.1) is 6.92 Å². The molecule has 0 radical (unpaired) electrons. The minimum absolute atomic E-state index is 0.198. The van der Waals surface area contributed by atoms with E-state index in [1.165, 1.54) is 12.1 Å². The van der Waals surface area contributed by atoms with E-state index in [0.29, 0.717) is 10.2 Å². The number of benzene rings is 1. The number of nitrogens with one attached hydrogen (secondary N) is 1. The summed E-state index contributed by atoms with van der Waals surface area (Å²) in [5, 5.41) is 8.63. The van der Waals surface area contributed by atoms with E-state index >= 15 is 0 Å². The standard InChI is InChI=1S/C12H12BrNO4S/c1-8-2-4-11(10(13)6-8)14-19(16,17)12-5-3-9(7-15)18-12/h2-6,14-15H,7H2,1H3. The number of halogens is 1. The maximum absolute atomic E-state index is 12.1. The third kappa shape index (κ3) is 3.17. The van der Waals surface area contributed by atoms with Crippen LogP contribution in [0.3, 0.4) is 0 Å². The van der Waals surface area contributed by atoms with Crippen molar-refractivity contribution in [3.05, 3.63) is 46.1 Å². The molecule has 0 fully saturated rings. The lowest BCUT2D eigenvalue weighted by Gasteiger charge is -2.08. The summed E-state index contributed by atoms with van der Waals surface area (Å²) in [5.41, 5.74) is 1.43. The smallest absolute Gasteiger partial charge is 0.295 e. The van der Waals surface area contributed by atoms with Gasteiger partial charge in [-0.05, 0) is 52.7 Å². The highest BCUT2D eigenvalue weighted by Gasteiger charge is 2.19. The number of aliphatic hydroxyl groups excluding tert-OH is 1. The summed E-state index contributed by atoms with van der Waals surface area (Å²) in [5.74, 6) is 0.198. The molecule has 0 bridgehead atoms. The van der Waals surface area contributed by atoms with Crippen LogP contribution in [0.2, 0.25) is 0 Å². The quantitative estimate of drug-likeness (QED) is 0.892. The Morgan fingerprint density at radius 1 is 1.32 bits per heavy atom. The SMILES string of the molecule is Cc1ccc(NS(=O)(=O)c2ccc(CO)o2)c(Br)c1. The molecule has 2 aromatic rings. The highest BCUT2D eigenvalue weighted by molar-refractivity contribution is 9.10. The van der Waals surface area contributed by atoms with Crippen LogP contribution in [0.15, 0.2) is 44.3 Å². The van der Waals surface area contributed by atoms with E-state index in [4.69, 9.17) is 9.52 Å². The fraction of sp³-hybridized carbons (Fsp3) is 0.167. The number of aliphatic hydroxyl groups is 1. The number of sulfonamides is 1. The van der Waals surface area contributed by atoms with Gasteiger partial charge in [0.1, 0.15) is 12.4 Å². The van der Waals surface area contributed by atoms with Crippen LogP contribution in [-0.4, -0.2) is 13.5 Å². The molecule has 5 nitrogen and oxygen atoms in total. The van der Waals surface area contributed by atoms with Gasteiger partial charge < -0.3 is 9.52 Å². The first-order chi connectivity index (χ1) is 8.92. The zero-order valence-electron chi connectivity index (χ0n) is 10.1. The van der Waals surface area contributed by atoms with Crippen molar-refractivity contribution < 1.29 is 17.9 Å². The van der Waals surface area contributed by atoms with E-state index in [2.05, 4.69) is 20.7 Å². The van der Waals surface area contributed by atoms with Gasteiger partial charge in [-0.2, -0.15) is 8.42 Å². The summed E-state index contributed by atoms with van der Waals surface area (Å²) >= 11 is 3.29. The Bertz CT molecular complexity index is 694. The van der Waals surface area contributed by atoms with Crippen LogP contribution in [0.5, 0.6) is 0 Å². The van der Waals surface area contributed by atoms with Crippen LogP contribution < -0.4 is 4.72 Å². The van der Waals surface area contributed by atoms with Gasteiger partial charge >= 0.3 is 0 Å². The third-order valence-electron chi connectivity index (χ3n) is 2.43. The van der Waals surface area contributed by atoms with Crippen LogP contribution in [0.4, 0.5) is 5.69 Å². The number of rotatable bonds is 4. The van der Waals surface area contributed by atoms with Crippen molar-refractivity contribution in [1.82, 2.24) is 0 Å². The Kier molecular flexibility index (Phi) is 3.98. The van der Waals surface area contributed by atoms with E-state index in [-0.39, 0.29) is 17.5 Å². The molecule has 0 saturated heterocycles. The second-order valence-corrected chi connectivity index (χ2v) is 6.44.